The molecule has 6 aliphatic heterocycles. The monoisotopic (exact) mass is 973 g/mol. The Bertz CT molecular complexity index is 1320. The van der Waals surface area contributed by atoms with Crippen molar-refractivity contribution in [1.82, 2.24) is 0 Å². The summed E-state index contributed by atoms with van der Waals surface area (Å²) >= 11 is 0. The third-order valence-electron chi connectivity index (χ3n) is 9.76. The van der Waals surface area contributed by atoms with Crippen LogP contribution in [-0.4, -0.2) is 91.6 Å². The molecule has 0 spiro atoms. The lowest BCUT2D eigenvalue weighted by Crippen LogP contribution is -2.89. The third-order valence-corrected chi connectivity index (χ3v) is 52.9. The molecule has 6 fully saturated rings. The average molecular weight is 975 g/mol. The van der Waals surface area contributed by atoms with Crippen molar-refractivity contribution < 1.29 is 58.3 Å². The van der Waals surface area contributed by atoms with Crippen molar-refractivity contribution in [1.29, 1.82) is 0 Å². The second-order valence-electron chi connectivity index (χ2n) is 20.6. The predicted molar refractivity (Wildman–Crippen MR) is 238 cm³/mol. The van der Waals surface area contributed by atoms with E-state index in [1.54, 1.807) is 6.08 Å². The van der Waals surface area contributed by atoms with Gasteiger partial charge in [-0.15, -0.1) is 0 Å². The van der Waals surface area contributed by atoms with Crippen LogP contribution in [0.1, 0.15) is 103 Å². The van der Waals surface area contributed by atoms with Crippen LogP contribution in [0.15, 0.2) is 4.99 Å². The van der Waals surface area contributed by atoms with E-state index in [4.69, 9.17) is 53.5 Å². The predicted octanol–water partition coefficient (Wildman–Crippen LogP) is 8.80. The van der Waals surface area contributed by atoms with E-state index in [-0.39, 0.29) is 41.4 Å². The van der Waals surface area contributed by atoms with Crippen molar-refractivity contribution in [2.75, 3.05) is 6.54 Å². The summed E-state index contributed by atoms with van der Waals surface area (Å²) in [6.45, 7) is 34.5. The van der Waals surface area contributed by atoms with Crippen molar-refractivity contribution in [3.8, 4) is 0 Å². The fraction of sp³-hybridized carbons (Fsp3) is 0.971. The molecule has 6 aliphatic rings. The Kier molecular flexibility index (Phi) is 15.8. The molecule has 0 aromatic carbocycles. The highest BCUT2D eigenvalue weighted by Gasteiger charge is 2.84. The molecule has 0 aromatic heterocycles. The van der Waals surface area contributed by atoms with Crippen LogP contribution in [-0.2, 0) is 58.3 Å². The molecular formula is C34H75NO14Si9. The fourth-order valence-electron chi connectivity index (χ4n) is 8.66. The van der Waals surface area contributed by atoms with Crippen LogP contribution >= 0.6 is 0 Å². The zero-order chi connectivity index (χ0) is 43.2. The Morgan fingerprint density at radius 3 is 0.862 bits per heavy atom. The minimum atomic E-state index is -4.54. The SMILES string of the molecule is CC(C)C[Si]12O[Si]3(CC(C)C)O[Si]4(CC(C)C)O[Si](CC(C)C)(O1)O[Si]1(CC(C)C)O[Si](CC(C)C)(O2)O[Si](CC(C)C)(O3)O[Si](O[Si](C)(C)CCCN=C=O)(O4)O1. The lowest BCUT2D eigenvalue weighted by molar-refractivity contribution is -0.0504. The van der Waals surface area contributed by atoms with Crippen molar-refractivity contribution in [3.63, 3.8) is 0 Å². The van der Waals surface area contributed by atoms with Crippen LogP contribution in [0.2, 0.25) is 61.4 Å². The summed E-state index contributed by atoms with van der Waals surface area (Å²) in [5, 5.41) is 0. The van der Waals surface area contributed by atoms with Gasteiger partial charge in [0.25, 0.3) is 0 Å². The van der Waals surface area contributed by atoms with Gasteiger partial charge < -0.3 is 53.5 Å². The largest absolute Gasteiger partial charge is 0.646 e. The molecule has 58 heavy (non-hydrogen) atoms. The first-order valence-corrected chi connectivity index (χ1v) is 40.1. The zero-order valence-electron chi connectivity index (χ0n) is 38.3. The van der Waals surface area contributed by atoms with Crippen LogP contribution < -0.4 is 0 Å². The van der Waals surface area contributed by atoms with Gasteiger partial charge in [0.05, 0.1) is 6.54 Å². The van der Waals surface area contributed by atoms with Gasteiger partial charge in [-0.25, -0.2) is 9.79 Å². The van der Waals surface area contributed by atoms with Gasteiger partial charge in [-0.3, -0.25) is 0 Å². The van der Waals surface area contributed by atoms with E-state index in [9.17, 15) is 4.79 Å². The Morgan fingerprint density at radius 1 is 0.431 bits per heavy atom. The molecule has 6 heterocycles. The molecule has 0 atom stereocenters. The molecule has 6 rings (SSSR count). The van der Waals surface area contributed by atoms with Gasteiger partial charge in [0.15, 0.2) is 8.32 Å². The molecule has 0 aliphatic carbocycles. The van der Waals surface area contributed by atoms with Gasteiger partial charge in [-0.2, -0.15) is 0 Å². The number of nitrogens with zero attached hydrogens (tertiary/aromatic N) is 1. The van der Waals surface area contributed by atoms with Gasteiger partial charge in [-0.05, 0) is 67.0 Å². The maximum atomic E-state index is 11.0. The van der Waals surface area contributed by atoms with Crippen LogP contribution in [0.25, 0.3) is 0 Å². The smallest absolute Gasteiger partial charge is 0.395 e. The molecule has 336 valence electrons. The number of aliphatic imine (C=N–C) groups is 1. The summed E-state index contributed by atoms with van der Waals surface area (Å²) < 4.78 is 101. The van der Waals surface area contributed by atoms with Crippen molar-refractivity contribution in [2.45, 2.75) is 165 Å². The summed E-state index contributed by atoms with van der Waals surface area (Å²) in [6, 6.07) is 3.56. The summed E-state index contributed by atoms with van der Waals surface area (Å²) in [7, 11) is -35.6. The molecular weight excluding hydrogens is 899 g/mol. The summed E-state index contributed by atoms with van der Waals surface area (Å²) in [5.74, 6) is 0.475. The van der Waals surface area contributed by atoms with E-state index in [2.05, 4.69) is 115 Å². The zero-order valence-corrected chi connectivity index (χ0v) is 47.3. The first kappa shape index (κ1) is 49.8. The number of carbonyl (C=O) groups excluding carboxylic acids is 1. The lowest BCUT2D eigenvalue weighted by atomic mass is 10.3. The fourth-order valence-corrected chi connectivity index (χ4v) is 63.0. The van der Waals surface area contributed by atoms with Crippen LogP contribution in [0.4, 0.5) is 0 Å². The summed E-state index contributed by atoms with van der Waals surface area (Å²) in [5.41, 5.74) is 0. The standard InChI is InChI=1S/C34H75NO14Si9/c1-28(2)20-51-38-52(21-29(3)4)41-55(24-32(9)10)43-53(39-51,22-30(5)6)45-57(26-34(13)14)46-54(40-51,23-31(7)8)44-56(42-52,25-33(11)12)48-58(47-55,49-57)37-50(15,16)19-17-18-35-27-36/h28-34H,17-26H2,1-16H3. The highest BCUT2D eigenvalue weighted by molar-refractivity contribution is 7.03. The van der Waals surface area contributed by atoms with Crippen molar-refractivity contribution in [3.05, 3.63) is 0 Å². The summed E-state index contributed by atoms with van der Waals surface area (Å²) in [6.07, 6.45) is 2.28. The molecule has 8 bridgehead atoms. The van der Waals surface area contributed by atoms with Crippen molar-refractivity contribution in [2.24, 2.45) is 46.4 Å². The minimum absolute atomic E-state index is 0.0447. The van der Waals surface area contributed by atoms with E-state index >= 15 is 0 Å². The second kappa shape index (κ2) is 18.4. The Balaban J connectivity index is 1.95. The molecule has 0 N–H and O–H groups in total. The Hall–Kier alpha value is 0.812. The molecule has 0 aromatic rings. The van der Waals surface area contributed by atoms with Crippen molar-refractivity contribution >= 4 is 85.1 Å². The number of hydrogen-bond donors (Lipinski definition) is 0. The van der Waals surface area contributed by atoms with Crippen LogP contribution in [0.5, 0.6) is 0 Å². The van der Waals surface area contributed by atoms with E-state index in [0.717, 1.165) is 0 Å². The molecule has 6 saturated heterocycles. The second-order valence-corrected chi connectivity index (χ2v) is 48.7. The van der Waals surface area contributed by atoms with Gasteiger partial charge in [0.2, 0.25) is 6.08 Å². The molecule has 24 heteroatoms. The summed E-state index contributed by atoms with van der Waals surface area (Å²) in [4.78, 5) is 14.9. The number of isocyanates is 1. The Labute approximate surface area is 359 Å². The topological polar surface area (TPSA) is 149 Å². The maximum Gasteiger partial charge on any atom is 0.646 e. The first-order chi connectivity index (χ1) is 26.7. The van der Waals surface area contributed by atoms with Gasteiger partial charge in [-0.1, -0.05) is 96.9 Å². The highest BCUT2D eigenvalue weighted by Crippen LogP contribution is 2.55. The molecule has 0 unspecified atom stereocenters. The quantitative estimate of drug-likeness (QED) is 0.0495. The minimum Gasteiger partial charge on any atom is -0.395 e. The van der Waals surface area contributed by atoms with E-state index in [0.29, 0.717) is 61.3 Å². The molecule has 15 nitrogen and oxygen atoms in total. The highest BCUT2D eigenvalue weighted by atomic mass is 28.6. The number of rotatable bonds is 20. The maximum absolute atomic E-state index is 11.0. The molecule has 0 saturated carbocycles. The van der Waals surface area contributed by atoms with E-state index < -0.39 is 79.0 Å². The van der Waals surface area contributed by atoms with Crippen LogP contribution in [0.3, 0.4) is 0 Å². The third kappa shape index (κ3) is 12.1. The average Bonchev–Trinajstić information content (AvgIpc) is 2.92. The van der Waals surface area contributed by atoms with Gasteiger partial charge in [0, 0.05) is 42.3 Å². The van der Waals surface area contributed by atoms with Gasteiger partial charge >= 0.3 is 70.7 Å². The Morgan fingerprint density at radius 2 is 0.655 bits per heavy atom. The van der Waals surface area contributed by atoms with Crippen LogP contribution in [0, 0.1) is 41.4 Å². The van der Waals surface area contributed by atoms with Gasteiger partial charge in [0.1, 0.15) is 0 Å². The normalized spacial score (nSPS) is 38.9. The first-order valence-electron chi connectivity index (χ1n) is 21.8. The molecule has 0 amide bonds. The van der Waals surface area contributed by atoms with E-state index in [1.807, 2.05) is 0 Å². The van der Waals surface area contributed by atoms with E-state index in [1.165, 1.54) is 0 Å². The lowest BCUT2D eigenvalue weighted by Gasteiger charge is -2.63. The number of hydrogen-bond acceptors (Lipinski definition) is 15. The molecule has 0 radical (unpaired) electrons.